The molecule has 0 bridgehead atoms. The Morgan fingerprint density at radius 1 is 1.31 bits per heavy atom. The number of hydrogen-bond donors (Lipinski definition) is 1. The van der Waals surface area contributed by atoms with E-state index in [1.165, 1.54) is 30.4 Å². The molecule has 0 aliphatic rings. The van der Waals surface area contributed by atoms with Gasteiger partial charge in [-0.05, 0) is 48.4 Å². The lowest BCUT2D eigenvalue weighted by Crippen LogP contribution is -1.95. The van der Waals surface area contributed by atoms with Crippen LogP contribution in [0.2, 0.25) is 0 Å². The van der Waals surface area contributed by atoms with Gasteiger partial charge in [0.1, 0.15) is 0 Å². The Labute approximate surface area is 84.9 Å². The molecule has 0 aromatic heterocycles. The summed E-state index contributed by atoms with van der Waals surface area (Å²) in [5.74, 6) is 0.687. The van der Waals surface area contributed by atoms with Gasteiger partial charge in [-0.2, -0.15) is 0 Å². The maximum atomic E-state index is 5.52. The fraction of sp³-hybridized carbons (Fsp3) is 0.455. The van der Waals surface area contributed by atoms with Crippen molar-refractivity contribution in [1.82, 2.24) is 0 Å². The Bertz CT molecular complexity index is 256. The van der Waals surface area contributed by atoms with Crippen molar-refractivity contribution in [2.45, 2.75) is 37.5 Å². The van der Waals surface area contributed by atoms with Gasteiger partial charge in [-0.25, -0.2) is 0 Å². The van der Waals surface area contributed by atoms with Gasteiger partial charge in [-0.1, -0.05) is 26.0 Å². The second kappa shape index (κ2) is 5.30. The summed E-state index contributed by atoms with van der Waals surface area (Å²) in [5, 5.41) is 5.52. The number of benzene rings is 1. The standard InChI is InChI=1S/C11H17NS/c1-3-9(4-2)10-6-5-7-11(8-10)13-12/h5-9H,3-4,12H2,1-2H3. The Hall–Kier alpha value is -0.470. The van der Waals surface area contributed by atoms with Crippen molar-refractivity contribution in [2.75, 3.05) is 0 Å². The first-order valence-electron chi connectivity index (χ1n) is 4.78. The maximum Gasteiger partial charge on any atom is 0.0228 e. The lowest BCUT2D eigenvalue weighted by Gasteiger charge is -2.13. The molecule has 1 rings (SSSR count). The molecule has 0 amide bonds. The Kier molecular flexibility index (Phi) is 4.33. The summed E-state index contributed by atoms with van der Waals surface area (Å²) in [5.41, 5.74) is 1.42. The molecular formula is C11H17NS. The van der Waals surface area contributed by atoms with Gasteiger partial charge in [0.15, 0.2) is 0 Å². The van der Waals surface area contributed by atoms with E-state index < -0.39 is 0 Å². The van der Waals surface area contributed by atoms with Crippen LogP contribution in [0.25, 0.3) is 0 Å². The number of hydrogen-bond acceptors (Lipinski definition) is 2. The van der Waals surface area contributed by atoms with Crippen LogP contribution < -0.4 is 5.14 Å². The highest BCUT2D eigenvalue weighted by molar-refractivity contribution is 7.97. The summed E-state index contributed by atoms with van der Waals surface area (Å²) in [6.45, 7) is 4.47. The summed E-state index contributed by atoms with van der Waals surface area (Å²) < 4.78 is 0. The quantitative estimate of drug-likeness (QED) is 0.743. The predicted octanol–water partition coefficient (Wildman–Crippen LogP) is 3.56. The third-order valence-corrected chi connectivity index (χ3v) is 2.98. The molecule has 0 unspecified atom stereocenters. The molecule has 0 heterocycles. The van der Waals surface area contributed by atoms with Gasteiger partial charge in [-0.15, -0.1) is 0 Å². The highest BCUT2D eigenvalue weighted by Gasteiger charge is 2.06. The van der Waals surface area contributed by atoms with Crippen molar-refractivity contribution in [2.24, 2.45) is 5.14 Å². The molecule has 2 N–H and O–H groups in total. The molecule has 13 heavy (non-hydrogen) atoms. The smallest absolute Gasteiger partial charge is 0.0228 e. The third kappa shape index (κ3) is 2.75. The SMILES string of the molecule is CCC(CC)c1cccc(SN)c1. The van der Waals surface area contributed by atoms with E-state index in [4.69, 9.17) is 5.14 Å². The lowest BCUT2D eigenvalue weighted by molar-refractivity contribution is 0.640. The van der Waals surface area contributed by atoms with Crippen molar-refractivity contribution in [3.05, 3.63) is 29.8 Å². The van der Waals surface area contributed by atoms with Crippen molar-refractivity contribution in [3.63, 3.8) is 0 Å². The summed E-state index contributed by atoms with van der Waals surface area (Å²) in [6, 6.07) is 8.53. The number of nitrogens with two attached hydrogens (primary N) is 1. The lowest BCUT2D eigenvalue weighted by atomic mass is 9.94. The summed E-state index contributed by atoms with van der Waals surface area (Å²) in [6.07, 6.45) is 2.41. The average molecular weight is 195 g/mol. The van der Waals surface area contributed by atoms with Crippen LogP contribution in [0.3, 0.4) is 0 Å². The van der Waals surface area contributed by atoms with Crippen molar-refractivity contribution in [1.29, 1.82) is 0 Å². The zero-order chi connectivity index (χ0) is 9.68. The minimum atomic E-state index is 0.687. The average Bonchev–Trinajstić information content (AvgIpc) is 2.20. The first-order valence-corrected chi connectivity index (χ1v) is 5.66. The van der Waals surface area contributed by atoms with Crippen LogP contribution in [0.4, 0.5) is 0 Å². The minimum absolute atomic E-state index is 0.687. The molecule has 0 saturated heterocycles. The third-order valence-electron chi connectivity index (χ3n) is 2.45. The van der Waals surface area contributed by atoms with Gasteiger partial charge in [-0.3, -0.25) is 5.14 Å². The summed E-state index contributed by atoms with van der Waals surface area (Å²) in [4.78, 5) is 1.16. The first kappa shape index (κ1) is 10.6. The predicted molar refractivity (Wildman–Crippen MR) is 59.8 cm³/mol. The second-order valence-corrected chi connectivity index (χ2v) is 3.91. The monoisotopic (exact) mass is 195 g/mol. The van der Waals surface area contributed by atoms with Gasteiger partial charge in [0.25, 0.3) is 0 Å². The van der Waals surface area contributed by atoms with Gasteiger partial charge in [0.2, 0.25) is 0 Å². The molecule has 1 nitrogen and oxygen atoms in total. The molecule has 1 aromatic rings. The highest BCUT2D eigenvalue weighted by Crippen LogP contribution is 2.25. The van der Waals surface area contributed by atoms with E-state index in [1.807, 2.05) is 0 Å². The number of rotatable bonds is 4. The van der Waals surface area contributed by atoms with E-state index in [1.54, 1.807) is 0 Å². The normalized spacial score (nSPS) is 10.8. The molecule has 0 radical (unpaired) electrons. The first-order chi connectivity index (χ1) is 6.31. The Morgan fingerprint density at radius 3 is 2.54 bits per heavy atom. The van der Waals surface area contributed by atoms with Crippen molar-refractivity contribution in [3.8, 4) is 0 Å². The van der Waals surface area contributed by atoms with Crippen LogP contribution in [0, 0.1) is 0 Å². The molecule has 0 spiro atoms. The zero-order valence-electron chi connectivity index (χ0n) is 8.29. The molecule has 72 valence electrons. The largest absolute Gasteiger partial charge is 0.274 e. The molecule has 1 aromatic carbocycles. The van der Waals surface area contributed by atoms with Crippen molar-refractivity contribution < 1.29 is 0 Å². The molecule has 2 heteroatoms. The minimum Gasteiger partial charge on any atom is -0.274 e. The zero-order valence-corrected chi connectivity index (χ0v) is 9.10. The molecule has 0 fully saturated rings. The molecule has 0 atom stereocenters. The van der Waals surface area contributed by atoms with E-state index in [0.29, 0.717) is 5.92 Å². The molecule has 0 aliphatic heterocycles. The topological polar surface area (TPSA) is 26.0 Å². The van der Waals surface area contributed by atoms with Crippen LogP contribution in [-0.2, 0) is 0 Å². The van der Waals surface area contributed by atoms with E-state index in [9.17, 15) is 0 Å². The summed E-state index contributed by atoms with van der Waals surface area (Å²) in [7, 11) is 0. The fourth-order valence-corrected chi connectivity index (χ4v) is 1.96. The molecule has 0 saturated carbocycles. The van der Waals surface area contributed by atoms with Crippen LogP contribution in [0.1, 0.15) is 38.2 Å². The highest BCUT2D eigenvalue weighted by atomic mass is 32.2. The van der Waals surface area contributed by atoms with Crippen LogP contribution in [0.15, 0.2) is 29.2 Å². The Morgan fingerprint density at radius 2 is 2.00 bits per heavy atom. The molecule has 0 aliphatic carbocycles. The van der Waals surface area contributed by atoms with Crippen LogP contribution >= 0.6 is 11.9 Å². The summed E-state index contributed by atoms with van der Waals surface area (Å²) >= 11 is 1.32. The van der Waals surface area contributed by atoms with Gasteiger partial charge >= 0.3 is 0 Å². The van der Waals surface area contributed by atoms with Gasteiger partial charge < -0.3 is 0 Å². The van der Waals surface area contributed by atoms with Crippen LogP contribution in [-0.4, -0.2) is 0 Å². The van der Waals surface area contributed by atoms with Crippen molar-refractivity contribution >= 4 is 11.9 Å². The van der Waals surface area contributed by atoms with E-state index in [2.05, 4.69) is 38.1 Å². The van der Waals surface area contributed by atoms with Gasteiger partial charge in [0, 0.05) is 4.90 Å². The Balaban J connectivity index is 2.86. The second-order valence-electron chi connectivity index (χ2n) is 3.20. The molecular weight excluding hydrogens is 178 g/mol. The van der Waals surface area contributed by atoms with E-state index in [-0.39, 0.29) is 0 Å². The maximum absolute atomic E-state index is 5.52. The fourth-order valence-electron chi connectivity index (χ4n) is 1.60. The van der Waals surface area contributed by atoms with E-state index >= 15 is 0 Å². The van der Waals surface area contributed by atoms with Crippen LogP contribution in [0.5, 0.6) is 0 Å². The van der Waals surface area contributed by atoms with Gasteiger partial charge in [0.05, 0.1) is 0 Å². The van der Waals surface area contributed by atoms with E-state index in [0.717, 1.165) is 4.90 Å².